The second-order valence-electron chi connectivity index (χ2n) is 9.73. The molecule has 11 heteroatoms. The standard InChI is InChI=1S/C22H27F3N6OS/c1-13-9-17(33-29-13)30-10-14-6-7-15(11-30)18(14)26-20-27-19-16(5-4-8-31(19)28-20)32-12-21(2,3)22(23,24)25/h4-5,8-9,14-15,18H,6-7,10-12H2,1-3H3,(H,26,28)/t14-,15+,18?. The molecule has 1 N–H and O–H groups in total. The van der Waals surface area contributed by atoms with Crippen LogP contribution in [-0.4, -0.2) is 50.9 Å². The maximum absolute atomic E-state index is 13.2. The highest BCUT2D eigenvalue weighted by atomic mass is 32.1. The molecule has 3 atom stereocenters. The lowest BCUT2D eigenvalue weighted by Gasteiger charge is -2.38. The molecule has 4 heterocycles. The van der Waals surface area contributed by atoms with E-state index in [0.717, 1.165) is 45.5 Å². The van der Waals surface area contributed by atoms with Crippen LogP contribution in [0.4, 0.5) is 24.1 Å². The van der Waals surface area contributed by atoms with E-state index >= 15 is 0 Å². The van der Waals surface area contributed by atoms with Crippen molar-refractivity contribution >= 4 is 28.1 Å². The first-order valence-corrected chi connectivity index (χ1v) is 11.9. The second kappa shape index (κ2) is 8.03. The largest absolute Gasteiger partial charge is 0.489 e. The van der Waals surface area contributed by atoms with Crippen LogP contribution in [0.2, 0.25) is 0 Å². The number of fused-ring (bicyclic) bond motifs is 3. The van der Waals surface area contributed by atoms with Gasteiger partial charge in [0.1, 0.15) is 11.6 Å². The van der Waals surface area contributed by atoms with E-state index in [-0.39, 0.29) is 11.8 Å². The summed E-state index contributed by atoms with van der Waals surface area (Å²) < 4.78 is 51.1. The minimum atomic E-state index is -4.36. The number of hydrogen-bond donors (Lipinski definition) is 1. The number of halogens is 3. The number of rotatable bonds is 6. The Balaban J connectivity index is 1.30. The normalized spacial score (nSPS) is 23.3. The number of hydrogen-bond acceptors (Lipinski definition) is 7. The number of ether oxygens (including phenoxy) is 1. The van der Waals surface area contributed by atoms with E-state index in [1.165, 1.54) is 5.00 Å². The minimum Gasteiger partial charge on any atom is -0.489 e. The van der Waals surface area contributed by atoms with Crippen molar-refractivity contribution in [3.63, 3.8) is 0 Å². The fraction of sp³-hybridized carbons (Fsp3) is 0.591. The molecule has 0 aromatic carbocycles. The first-order chi connectivity index (χ1) is 15.6. The molecule has 3 aromatic heterocycles. The fourth-order valence-corrected chi connectivity index (χ4v) is 5.46. The van der Waals surface area contributed by atoms with E-state index < -0.39 is 18.2 Å². The zero-order valence-electron chi connectivity index (χ0n) is 18.8. The number of nitrogens with zero attached hydrogens (tertiary/aromatic N) is 5. The van der Waals surface area contributed by atoms with Crippen LogP contribution in [0.5, 0.6) is 5.75 Å². The Labute approximate surface area is 194 Å². The monoisotopic (exact) mass is 480 g/mol. The van der Waals surface area contributed by atoms with Gasteiger partial charge in [-0.05, 0) is 75.2 Å². The number of aromatic nitrogens is 4. The molecular weight excluding hydrogens is 453 g/mol. The molecule has 2 fully saturated rings. The molecule has 0 amide bonds. The molecule has 1 aliphatic heterocycles. The average Bonchev–Trinajstić information content (AvgIpc) is 3.41. The van der Waals surface area contributed by atoms with Crippen molar-refractivity contribution in [2.75, 3.05) is 29.9 Å². The first kappa shape index (κ1) is 22.2. The molecule has 1 saturated heterocycles. The zero-order chi connectivity index (χ0) is 23.4. The Morgan fingerprint density at radius 1 is 1.21 bits per heavy atom. The summed E-state index contributed by atoms with van der Waals surface area (Å²) in [7, 11) is 0. The van der Waals surface area contributed by atoms with Crippen LogP contribution in [0.15, 0.2) is 24.4 Å². The van der Waals surface area contributed by atoms with Crippen molar-refractivity contribution in [1.29, 1.82) is 0 Å². The molecule has 0 spiro atoms. The Hall–Kier alpha value is -2.56. The second-order valence-corrected chi connectivity index (χ2v) is 10.5. The lowest BCUT2D eigenvalue weighted by Crippen LogP contribution is -2.48. The van der Waals surface area contributed by atoms with Crippen LogP contribution in [0.1, 0.15) is 32.4 Å². The SMILES string of the molecule is Cc1cc(N2C[C@H]3CC[C@@H](C2)C3Nc2nc3c(OCC(C)(C)C(F)(F)F)cccn3n2)sn1. The molecule has 1 saturated carbocycles. The number of alkyl halides is 3. The predicted octanol–water partition coefficient (Wildman–Crippen LogP) is 4.79. The lowest BCUT2D eigenvalue weighted by molar-refractivity contribution is -0.219. The van der Waals surface area contributed by atoms with Crippen LogP contribution >= 0.6 is 11.5 Å². The van der Waals surface area contributed by atoms with Gasteiger partial charge in [-0.15, -0.1) is 5.10 Å². The van der Waals surface area contributed by atoms with Gasteiger partial charge in [-0.25, -0.2) is 4.52 Å². The molecule has 3 aromatic rings. The number of nitrogens with one attached hydrogen (secondary N) is 1. The van der Waals surface area contributed by atoms with Crippen molar-refractivity contribution in [3.8, 4) is 5.75 Å². The van der Waals surface area contributed by atoms with Gasteiger partial charge in [-0.2, -0.15) is 22.5 Å². The van der Waals surface area contributed by atoms with Gasteiger partial charge in [0.05, 0.1) is 11.1 Å². The molecule has 2 bridgehead atoms. The number of pyridine rings is 1. The van der Waals surface area contributed by atoms with Crippen molar-refractivity contribution in [2.24, 2.45) is 17.3 Å². The van der Waals surface area contributed by atoms with Crippen molar-refractivity contribution < 1.29 is 17.9 Å². The Kier molecular flexibility index (Phi) is 5.42. The van der Waals surface area contributed by atoms with Gasteiger partial charge in [-0.1, -0.05) is 0 Å². The maximum atomic E-state index is 13.2. The van der Waals surface area contributed by atoms with Crippen LogP contribution in [0.3, 0.4) is 0 Å². The Morgan fingerprint density at radius 2 is 1.94 bits per heavy atom. The van der Waals surface area contributed by atoms with Crippen molar-refractivity contribution in [2.45, 2.75) is 45.8 Å². The summed E-state index contributed by atoms with van der Waals surface area (Å²) in [6.45, 7) is 5.69. The summed E-state index contributed by atoms with van der Waals surface area (Å²) in [6, 6.07) is 5.73. The fourth-order valence-electron chi connectivity index (χ4n) is 4.68. The summed E-state index contributed by atoms with van der Waals surface area (Å²) in [6.07, 6.45) is -0.348. The van der Waals surface area contributed by atoms with Crippen LogP contribution in [-0.2, 0) is 0 Å². The third-order valence-electron chi connectivity index (χ3n) is 6.74. The highest BCUT2D eigenvalue weighted by molar-refractivity contribution is 7.10. The summed E-state index contributed by atoms with van der Waals surface area (Å²) in [5.41, 5.74) is -0.513. The van der Waals surface area contributed by atoms with E-state index in [2.05, 4.69) is 30.7 Å². The van der Waals surface area contributed by atoms with Gasteiger partial charge >= 0.3 is 6.18 Å². The molecule has 5 rings (SSSR count). The van der Waals surface area contributed by atoms with Crippen molar-refractivity contribution in [1.82, 2.24) is 19.0 Å². The predicted molar refractivity (Wildman–Crippen MR) is 121 cm³/mol. The zero-order valence-corrected chi connectivity index (χ0v) is 19.6. The van der Waals surface area contributed by atoms with Crippen LogP contribution < -0.4 is 15.0 Å². The van der Waals surface area contributed by atoms with Crippen LogP contribution in [0, 0.1) is 24.2 Å². The number of anilines is 2. The quantitative estimate of drug-likeness (QED) is 0.547. The van der Waals surface area contributed by atoms with E-state index in [1.807, 2.05) is 6.92 Å². The summed E-state index contributed by atoms with van der Waals surface area (Å²) in [5.74, 6) is 1.71. The average molecular weight is 481 g/mol. The summed E-state index contributed by atoms with van der Waals surface area (Å²) in [5, 5.41) is 9.24. The molecular formula is C22H27F3N6OS. The molecule has 1 unspecified atom stereocenters. The first-order valence-electron chi connectivity index (χ1n) is 11.1. The molecule has 33 heavy (non-hydrogen) atoms. The molecule has 7 nitrogen and oxygen atoms in total. The summed E-state index contributed by atoms with van der Waals surface area (Å²) in [4.78, 5) is 6.99. The van der Waals surface area contributed by atoms with Gasteiger partial charge in [0.15, 0.2) is 11.4 Å². The molecule has 2 aliphatic rings. The highest BCUT2D eigenvalue weighted by Gasteiger charge is 2.48. The number of aryl methyl sites for hydroxylation is 1. The van der Waals surface area contributed by atoms with Crippen molar-refractivity contribution in [3.05, 3.63) is 30.1 Å². The third kappa shape index (κ3) is 4.22. The highest BCUT2D eigenvalue weighted by Crippen LogP contribution is 2.41. The van der Waals surface area contributed by atoms with Gasteiger partial charge in [-0.3, -0.25) is 0 Å². The maximum Gasteiger partial charge on any atom is 0.397 e. The van der Waals surface area contributed by atoms with E-state index in [4.69, 9.17) is 4.74 Å². The topological polar surface area (TPSA) is 67.6 Å². The van der Waals surface area contributed by atoms with Crippen LogP contribution in [0.25, 0.3) is 5.65 Å². The number of piperidine rings is 1. The lowest BCUT2D eigenvalue weighted by atomic mass is 9.92. The smallest absolute Gasteiger partial charge is 0.397 e. The third-order valence-corrected chi connectivity index (χ3v) is 7.68. The van der Waals surface area contributed by atoms with Gasteiger partial charge < -0.3 is 15.0 Å². The Bertz CT molecular complexity index is 1130. The van der Waals surface area contributed by atoms with E-state index in [1.54, 1.807) is 34.4 Å². The molecule has 178 valence electrons. The summed E-state index contributed by atoms with van der Waals surface area (Å²) >= 11 is 1.55. The molecule has 1 aliphatic carbocycles. The van der Waals surface area contributed by atoms with Gasteiger partial charge in [0, 0.05) is 25.3 Å². The van der Waals surface area contributed by atoms with Gasteiger partial charge in [0.2, 0.25) is 5.95 Å². The van der Waals surface area contributed by atoms with Gasteiger partial charge in [0.25, 0.3) is 0 Å². The molecule has 0 radical (unpaired) electrons. The van der Waals surface area contributed by atoms with E-state index in [0.29, 0.717) is 23.4 Å². The Morgan fingerprint density at radius 3 is 2.58 bits per heavy atom. The van der Waals surface area contributed by atoms with E-state index in [9.17, 15) is 13.2 Å². The minimum absolute atomic E-state index is 0.265.